The van der Waals surface area contributed by atoms with Crippen LogP contribution in [-0.2, 0) is 21.3 Å². The van der Waals surface area contributed by atoms with Crippen molar-refractivity contribution in [2.24, 2.45) is 0 Å². The van der Waals surface area contributed by atoms with Gasteiger partial charge in [-0.1, -0.05) is 54.6 Å². The molecule has 5 rings (SSSR count). The maximum Gasteiger partial charge on any atom is 0.303 e. The van der Waals surface area contributed by atoms with Gasteiger partial charge in [-0.2, -0.15) is 4.80 Å². The first-order chi connectivity index (χ1) is 19.0. The Labute approximate surface area is 229 Å². The van der Waals surface area contributed by atoms with E-state index in [9.17, 15) is 27.7 Å². The molecule has 0 aliphatic carbocycles. The zero-order valence-corrected chi connectivity index (χ0v) is 22.1. The summed E-state index contributed by atoms with van der Waals surface area (Å²) in [5.74, 6) is -1.78. The largest absolute Gasteiger partial charge is 0.744 e. The van der Waals surface area contributed by atoms with Crippen LogP contribution in [0.2, 0.25) is 0 Å². The predicted octanol–water partition coefficient (Wildman–Crippen LogP) is 4.27. The van der Waals surface area contributed by atoms with E-state index in [0.717, 1.165) is 46.0 Å². The molecular weight excluding hydrogens is 534 g/mol. The number of carboxylic acid groups (broad SMARTS) is 1. The molecule has 4 aromatic carbocycles. The third kappa shape index (κ3) is 6.76. The zero-order valence-electron chi connectivity index (χ0n) is 21.3. The van der Waals surface area contributed by atoms with E-state index in [-0.39, 0.29) is 12.0 Å². The molecule has 2 N–H and O–H groups in total. The number of aromatic nitrogens is 3. The van der Waals surface area contributed by atoms with Crippen LogP contribution < -0.4 is 0 Å². The molecule has 0 aliphatic rings. The van der Waals surface area contributed by atoms with Crippen molar-refractivity contribution in [3.05, 3.63) is 113 Å². The maximum absolute atomic E-state index is 12.0. The molecule has 0 bridgehead atoms. The number of carbonyl (C=O) groups is 2. The molecule has 5 aromatic rings. The van der Waals surface area contributed by atoms with Crippen LogP contribution >= 0.6 is 0 Å². The molecule has 10 nitrogen and oxygen atoms in total. The normalized spacial score (nSPS) is 11.1. The first kappa shape index (κ1) is 28.1. The lowest BCUT2D eigenvalue weighted by Crippen LogP contribution is -2.04. The van der Waals surface area contributed by atoms with Gasteiger partial charge in [0.05, 0.1) is 16.1 Å². The van der Waals surface area contributed by atoms with Gasteiger partial charge in [0, 0.05) is 12.0 Å². The van der Waals surface area contributed by atoms with Crippen LogP contribution in [-0.4, -0.2) is 49.9 Å². The highest BCUT2D eigenvalue weighted by molar-refractivity contribution is 7.85. The van der Waals surface area contributed by atoms with Gasteiger partial charge in [-0.3, -0.25) is 9.59 Å². The highest BCUT2D eigenvalue weighted by atomic mass is 32.2. The van der Waals surface area contributed by atoms with E-state index in [4.69, 9.17) is 5.11 Å². The average Bonchev–Trinajstić information content (AvgIpc) is 3.37. The Bertz CT molecular complexity index is 1770. The number of nitrogens with zero attached hydrogens (tertiary/aromatic N) is 3. The van der Waals surface area contributed by atoms with Gasteiger partial charge in [0.2, 0.25) is 0 Å². The van der Waals surface area contributed by atoms with Gasteiger partial charge in [-0.05, 0) is 60.9 Å². The van der Waals surface area contributed by atoms with Crippen molar-refractivity contribution in [1.82, 2.24) is 15.0 Å². The van der Waals surface area contributed by atoms with E-state index in [1.165, 1.54) is 0 Å². The van der Waals surface area contributed by atoms with Crippen molar-refractivity contribution in [2.75, 3.05) is 0 Å². The summed E-state index contributed by atoms with van der Waals surface area (Å²) >= 11 is 0. The predicted molar refractivity (Wildman–Crippen MR) is 146 cm³/mol. The van der Waals surface area contributed by atoms with Gasteiger partial charge in [0.25, 0.3) is 0 Å². The molecule has 1 aromatic heterocycles. The second-order valence-corrected chi connectivity index (χ2v) is 10.2. The minimum Gasteiger partial charge on any atom is -0.744 e. The zero-order chi connectivity index (χ0) is 28.9. The third-order valence-corrected chi connectivity index (χ3v) is 6.77. The summed E-state index contributed by atoms with van der Waals surface area (Å²) in [6.45, 7) is 1.99. The number of ketones is 1. The Hall–Kier alpha value is -4.87. The van der Waals surface area contributed by atoms with Crippen LogP contribution in [0.3, 0.4) is 0 Å². The molecule has 0 atom stereocenters. The van der Waals surface area contributed by atoms with Gasteiger partial charge in [0.1, 0.15) is 26.9 Å². The van der Waals surface area contributed by atoms with Gasteiger partial charge in [-0.25, -0.2) is 8.42 Å². The summed E-state index contributed by atoms with van der Waals surface area (Å²) in [6.07, 6.45) is 0.625. The number of fused-ring (bicyclic) bond motifs is 1. The van der Waals surface area contributed by atoms with E-state index in [1.54, 1.807) is 35.1 Å². The highest BCUT2D eigenvalue weighted by Crippen LogP contribution is 2.24. The van der Waals surface area contributed by atoms with Crippen LogP contribution in [0.15, 0.2) is 95.9 Å². The summed E-state index contributed by atoms with van der Waals surface area (Å²) in [5, 5.41) is 27.4. The lowest BCUT2D eigenvalue weighted by atomic mass is 10.0. The Morgan fingerprint density at radius 1 is 0.875 bits per heavy atom. The standard InChI is InChI=1S/C16H15N3O2.C13H10O5S/c1-11-6-7-12(8-9-16(20)21)10-15(11)19-17-13-4-2-3-5-14(13)18-19;14-12-8-10(19(16,17)18)6-7-11(12)13(15)9-4-2-1-3-5-9/h2-7,10H,8-9H2,1H3,(H,20,21);1-8,14H,(H,16,17,18)/p-1. The van der Waals surface area contributed by atoms with Crippen LogP contribution in [0.4, 0.5) is 0 Å². The fraction of sp³-hybridized carbons (Fsp3) is 0.103. The van der Waals surface area contributed by atoms with Crippen LogP contribution in [0.1, 0.15) is 33.5 Å². The van der Waals surface area contributed by atoms with Crippen LogP contribution in [0, 0.1) is 6.92 Å². The van der Waals surface area contributed by atoms with Crippen molar-refractivity contribution < 1.29 is 32.8 Å². The second kappa shape index (κ2) is 11.9. The Morgan fingerprint density at radius 2 is 1.50 bits per heavy atom. The SMILES string of the molecule is Cc1ccc(CCC(=O)O)cc1-n1nc2ccccc2n1.O=C(c1ccccc1)c1ccc(S(=O)(=O)[O-])cc1O. The van der Waals surface area contributed by atoms with Gasteiger partial charge in [-0.15, -0.1) is 10.2 Å². The topological polar surface area (TPSA) is 163 Å². The molecule has 0 saturated heterocycles. The summed E-state index contributed by atoms with van der Waals surface area (Å²) in [5.41, 5.74) is 4.89. The minimum absolute atomic E-state index is 0.0569. The number of carbonyl (C=O) groups excluding carboxylic acids is 1. The van der Waals surface area contributed by atoms with Crippen molar-refractivity contribution in [1.29, 1.82) is 0 Å². The average molecular weight is 559 g/mol. The summed E-state index contributed by atoms with van der Waals surface area (Å²) in [6, 6.07) is 24.7. The van der Waals surface area contributed by atoms with Crippen LogP contribution in [0.5, 0.6) is 5.75 Å². The Kier molecular flexibility index (Phi) is 8.37. The van der Waals surface area contributed by atoms with E-state index in [2.05, 4.69) is 10.2 Å². The number of hydrogen-bond acceptors (Lipinski definition) is 8. The monoisotopic (exact) mass is 558 g/mol. The molecule has 0 fully saturated rings. The molecule has 0 saturated carbocycles. The molecule has 204 valence electrons. The van der Waals surface area contributed by atoms with Gasteiger partial charge in [0.15, 0.2) is 5.78 Å². The fourth-order valence-corrected chi connectivity index (χ4v) is 4.34. The number of benzene rings is 4. The van der Waals surface area contributed by atoms with E-state index < -0.39 is 32.5 Å². The number of aromatic hydroxyl groups is 1. The number of aliphatic carboxylic acids is 1. The van der Waals surface area contributed by atoms with Gasteiger partial charge < -0.3 is 14.8 Å². The molecular formula is C29H24N3O7S-. The summed E-state index contributed by atoms with van der Waals surface area (Å²) in [4.78, 5) is 23.8. The Morgan fingerprint density at radius 3 is 2.08 bits per heavy atom. The number of carboxylic acids is 1. The van der Waals surface area contributed by atoms with Crippen molar-refractivity contribution in [3.63, 3.8) is 0 Å². The van der Waals surface area contributed by atoms with E-state index in [1.807, 2.05) is 49.4 Å². The summed E-state index contributed by atoms with van der Waals surface area (Å²) in [7, 11) is -4.65. The first-order valence-corrected chi connectivity index (χ1v) is 13.5. The molecule has 1 heterocycles. The molecule has 0 spiro atoms. The van der Waals surface area contributed by atoms with E-state index >= 15 is 0 Å². The molecule has 0 unspecified atom stereocenters. The molecule has 40 heavy (non-hydrogen) atoms. The summed E-state index contributed by atoms with van der Waals surface area (Å²) < 4.78 is 32.4. The van der Waals surface area contributed by atoms with Crippen molar-refractivity contribution >= 4 is 32.9 Å². The maximum atomic E-state index is 12.0. The molecule has 11 heteroatoms. The number of rotatable bonds is 7. The lowest BCUT2D eigenvalue weighted by Gasteiger charge is -2.09. The molecule has 0 aliphatic heterocycles. The molecule has 0 amide bonds. The minimum atomic E-state index is -4.65. The number of phenols is 1. The smallest absolute Gasteiger partial charge is 0.303 e. The fourth-order valence-electron chi connectivity index (χ4n) is 3.85. The number of hydrogen-bond donors (Lipinski definition) is 2. The first-order valence-electron chi connectivity index (χ1n) is 12.1. The van der Waals surface area contributed by atoms with E-state index in [0.29, 0.717) is 12.0 Å². The second-order valence-electron chi connectivity index (χ2n) is 8.82. The van der Waals surface area contributed by atoms with Crippen molar-refractivity contribution in [2.45, 2.75) is 24.7 Å². The van der Waals surface area contributed by atoms with Gasteiger partial charge >= 0.3 is 5.97 Å². The van der Waals surface area contributed by atoms with Crippen LogP contribution in [0.25, 0.3) is 16.7 Å². The molecule has 0 radical (unpaired) electrons. The Balaban J connectivity index is 0.000000186. The van der Waals surface area contributed by atoms with Crippen molar-refractivity contribution in [3.8, 4) is 11.4 Å². The third-order valence-electron chi connectivity index (χ3n) is 5.94. The quantitative estimate of drug-likeness (QED) is 0.219. The number of aryl methyl sites for hydroxylation is 2. The highest BCUT2D eigenvalue weighted by Gasteiger charge is 2.15. The lowest BCUT2D eigenvalue weighted by molar-refractivity contribution is -0.136. The number of phenolic OH excluding ortho intramolecular Hbond substituents is 1.